The van der Waals surface area contributed by atoms with Crippen LogP contribution in [0.2, 0.25) is 0 Å². The van der Waals surface area contributed by atoms with Crippen LogP contribution in [-0.4, -0.2) is 48.6 Å². The van der Waals surface area contributed by atoms with E-state index in [1.807, 2.05) is 34.6 Å². The zero-order valence-corrected chi connectivity index (χ0v) is 12.2. The van der Waals surface area contributed by atoms with Crippen molar-refractivity contribution in [3.8, 4) is 0 Å². The summed E-state index contributed by atoms with van der Waals surface area (Å²) in [5, 5.41) is 7.13. The lowest BCUT2D eigenvalue weighted by Gasteiger charge is -2.31. The summed E-state index contributed by atoms with van der Waals surface area (Å²) in [5.74, 6) is 0. The van der Waals surface area contributed by atoms with E-state index >= 15 is 0 Å². The maximum Gasteiger partial charge on any atom is 0.410 e. The van der Waals surface area contributed by atoms with Crippen molar-refractivity contribution in [1.82, 2.24) is 4.90 Å². The van der Waals surface area contributed by atoms with Crippen LogP contribution in [0.4, 0.5) is 4.79 Å². The molecule has 18 heavy (non-hydrogen) atoms. The zero-order chi connectivity index (χ0) is 14.2. The van der Waals surface area contributed by atoms with E-state index in [4.69, 9.17) is 14.9 Å². The average Bonchev–Trinajstić information content (AvgIpc) is 2.22. The molecule has 0 aliphatic rings. The molecule has 0 aliphatic carbocycles. The number of hydrogen-bond acceptors (Lipinski definition) is 4. The van der Waals surface area contributed by atoms with Crippen LogP contribution in [-0.2, 0) is 9.47 Å². The van der Waals surface area contributed by atoms with E-state index in [1.54, 1.807) is 4.90 Å². The van der Waals surface area contributed by atoms with Gasteiger partial charge in [-0.1, -0.05) is 0 Å². The number of rotatable bonds is 7. The summed E-state index contributed by atoms with van der Waals surface area (Å²) in [5.41, 5.74) is -0.509. The first-order chi connectivity index (χ1) is 8.31. The first-order valence-electron chi connectivity index (χ1n) is 6.38. The number of hydrogen-bond donors (Lipinski definition) is 1. The van der Waals surface area contributed by atoms with Gasteiger partial charge in [0.05, 0.1) is 6.61 Å². The summed E-state index contributed by atoms with van der Waals surface area (Å²) in [6.07, 6.45) is 1.48. The highest BCUT2D eigenvalue weighted by Crippen LogP contribution is 2.13. The Bertz CT molecular complexity index is 261. The van der Waals surface area contributed by atoms with E-state index in [0.29, 0.717) is 26.2 Å². The van der Waals surface area contributed by atoms with E-state index in [2.05, 4.69) is 0 Å². The number of carbonyl (C=O) groups is 1. The van der Waals surface area contributed by atoms with Gasteiger partial charge < -0.3 is 19.8 Å². The number of carbonyl (C=O) groups excluding carboxylic acids is 1. The molecule has 0 spiro atoms. The van der Waals surface area contributed by atoms with Crippen LogP contribution in [0.1, 0.15) is 41.0 Å². The molecular formula is C13H26N2O3. The fourth-order valence-corrected chi connectivity index (χ4v) is 1.42. The maximum atomic E-state index is 12.0. The molecule has 0 aromatic rings. The molecule has 0 heterocycles. The van der Waals surface area contributed by atoms with Crippen molar-refractivity contribution in [2.75, 3.05) is 19.8 Å². The number of nitrogens with one attached hydrogen (secondary N) is 1. The lowest BCUT2D eigenvalue weighted by Crippen LogP contribution is -2.44. The van der Waals surface area contributed by atoms with E-state index in [0.717, 1.165) is 0 Å². The van der Waals surface area contributed by atoms with Gasteiger partial charge in [-0.05, 0) is 40.8 Å². The molecule has 0 radical (unpaired) electrons. The zero-order valence-electron chi connectivity index (χ0n) is 12.2. The first kappa shape index (κ1) is 16.9. The van der Waals surface area contributed by atoms with Crippen LogP contribution in [0, 0.1) is 5.41 Å². The molecular weight excluding hydrogens is 232 g/mol. The van der Waals surface area contributed by atoms with E-state index < -0.39 is 5.60 Å². The molecule has 0 bridgehead atoms. The van der Waals surface area contributed by atoms with Gasteiger partial charge in [-0.3, -0.25) is 0 Å². The monoisotopic (exact) mass is 258 g/mol. The minimum Gasteiger partial charge on any atom is -0.444 e. The molecule has 1 atom stereocenters. The van der Waals surface area contributed by atoms with Crippen LogP contribution in [0.3, 0.4) is 0 Å². The van der Waals surface area contributed by atoms with E-state index in [9.17, 15) is 4.79 Å². The van der Waals surface area contributed by atoms with Crippen molar-refractivity contribution >= 4 is 12.3 Å². The quantitative estimate of drug-likeness (QED) is 0.564. The second kappa shape index (κ2) is 8.08. The molecule has 0 aromatic heterocycles. The topological polar surface area (TPSA) is 62.6 Å². The molecule has 0 rings (SSSR count). The fourth-order valence-electron chi connectivity index (χ4n) is 1.42. The Kier molecular flexibility index (Phi) is 7.59. The third-order valence-electron chi connectivity index (χ3n) is 2.30. The highest BCUT2D eigenvalue weighted by atomic mass is 16.6. The lowest BCUT2D eigenvalue weighted by atomic mass is 10.2. The Labute approximate surface area is 110 Å². The molecule has 0 aromatic carbocycles. The Hall–Kier alpha value is -1.10. The van der Waals surface area contributed by atoms with Gasteiger partial charge in [-0.2, -0.15) is 0 Å². The Morgan fingerprint density at radius 3 is 2.50 bits per heavy atom. The van der Waals surface area contributed by atoms with Gasteiger partial charge in [0.15, 0.2) is 0 Å². The Morgan fingerprint density at radius 2 is 2.06 bits per heavy atom. The first-order valence-corrected chi connectivity index (χ1v) is 6.38. The van der Waals surface area contributed by atoms with Crippen LogP contribution in [0.25, 0.3) is 0 Å². The number of ether oxygens (including phenoxy) is 2. The van der Waals surface area contributed by atoms with Crippen LogP contribution in [0.15, 0.2) is 0 Å². The standard InChI is InChI=1S/C13H26N2O3/c1-6-17-10-9-15(11(2)7-8-14)12(16)18-13(3,4)5/h8,11,14H,6-7,9-10H2,1-5H3. The van der Waals surface area contributed by atoms with Crippen molar-refractivity contribution in [2.24, 2.45) is 0 Å². The number of amides is 1. The molecule has 0 aliphatic heterocycles. The normalized spacial score (nSPS) is 12.9. The van der Waals surface area contributed by atoms with Gasteiger partial charge in [0.2, 0.25) is 0 Å². The highest BCUT2D eigenvalue weighted by molar-refractivity contribution is 5.69. The smallest absolute Gasteiger partial charge is 0.410 e. The highest BCUT2D eigenvalue weighted by Gasteiger charge is 2.25. The Balaban J connectivity index is 4.52. The molecule has 106 valence electrons. The molecule has 0 saturated carbocycles. The summed E-state index contributed by atoms with van der Waals surface area (Å²) in [4.78, 5) is 13.7. The second-order valence-electron chi connectivity index (χ2n) is 5.16. The maximum absolute atomic E-state index is 12.0. The van der Waals surface area contributed by atoms with Crippen molar-refractivity contribution in [1.29, 1.82) is 5.41 Å². The minimum absolute atomic E-state index is 0.0576. The molecule has 5 nitrogen and oxygen atoms in total. The minimum atomic E-state index is -0.509. The van der Waals surface area contributed by atoms with Crippen molar-refractivity contribution < 1.29 is 14.3 Å². The molecule has 5 heteroatoms. The predicted molar refractivity (Wildman–Crippen MR) is 72.3 cm³/mol. The van der Waals surface area contributed by atoms with Gasteiger partial charge >= 0.3 is 6.09 Å². The SMILES string of the molecule is CCOCCN(C(=O)OC(C)(C)C)C(C)CC=N. The summed E-state index contributed by atoms with van der Waals surface area (Å²) in [6, 6.07) is -0.0576. The summed E-state index contributed by atoms with van der Waals surface area (Å²) in [6.45, 7) is 10.9. The number of nitrogens with zero attached hydrogens (tertiary/aromatic N) is 1. The van der Waals surface area contributed by atoms with Crippen molar-refractivity contribution in [2.45, 2.75) is 52.7 Å². The molecule has 0 fully saturated rings. The van der Waals surface area contributed by atoms with Gasteiger partial charge in [0, 0.05) is 25.6 Å². The van der Waals surface area contributed by atoms with Gasteiger partial charge in [0.1, 0.15) is 5.60 Å². The third kappa shape index (κ3) is 7.27. The van der Waals surface area contributed by atoms with Crippen molar-refractivity contribution in [3.05, 3.63) is 0 Å². The molecule has 0 saturated heterocycles. The van der Waals surface area contributed by atoms with Crippen LogP contribution in [0.5, 0.6) is 0 Å². The van der Waals surface area contributed by atoms with Gasteiger partial charge in [-0.25, -0.2) is 4.79 Å². The second-order valence-corrected chi connectivity index (χ2v) is 5.16. The lowest BCUT2D eigenvalue weighted by molar-refractivity contribution is 0.0106. The molecule has 1 amide bonds. The van der Waals surface area contributed by atoms with Crippen LogP contribution >= 0.6 is 0 Å². The largest absolute Gasteiger partial charge is 0.444 e. The third-order valence-corrected chi connectivity index (χ3v) is 2.30. The average molecular weight is 258 g/mol. The summed E-state index contributed by atoms with van der Waals surface area (Å²) < 4.78 is 10.6. The molecule has 1 N–H and O–H groups in total. The predicted octanol–water partition coefficient (Wildman–Crippen LogP) is 2.69. The van der Waals surface area contributed by atoms with Crippen molar-refractivity contribution in [3.63, 3.8) is 0 Å². The summed E-state index contributed by atoms with van der Waals surface area (Å²) >= 11 is 0. The fraction of sp³-hybridized carbons (Fsp3) is 0.846. The van der Waals surface area contributed by atoms with Crippen LogP contribution < -0.4 is 0 Å². The van der Waals surface area contributed by atoms with Gasteiger partial charge in [0.25, 0.3) is 0 Å². The molecule has 1 unspecified atom stereocenters. The Morgan fingerprint density at radius 1 is 1.44 bits per heavy atom. The summed E-state index contributed by atoms with van der Waals surface area (Å²) in [7, 11) is 0. The van der Waals surface area contributed by atoms with E-state index in [-0.39, 0.29) is 12.1 Å². The van der Waals surface area contributed by atoms with E-state index in [1.165, 1.54) is 6.21 Å². The van der Waals surface area contributed by atoms with Gasteiger partial charge in [-0.15, -0.1) is 0 Å².